The molecule has 150 valence electrons. The zero-order valence-electron chi connectivity index (χ0n) is 16.2. The fraction of sp³-hybridized carbons (Fsp3) is 0.136. The van der Waals surface area contributed by atoms with Crippen molar-refractivity contribution in [3.05, 3.63) is 52.3 Å². The van der Waals surface area contributed by atoms with Gasteiger partial charge in [-0.15, -0.1) is 11.3 Å². The highest BCUT2D eigenvalue weighted by molar-refractivity contribution is 7.11. The Kier molecular flexibility index (Phi) is 5.37. The zero-order valence-corrected chi connectivity index (χ0v) is 17.0. The topological polar surface area (TPSA) is 90.7 Å². The van der Waals surface area contributed by atoms with Crippen LogP contribution in [-0.4, -0.2) is 24.9 Å². The van der Waals surface area contributed by atoms with E-state index in [0.717, 1.165) is 16.8 Å². The maximum absolute atomic E-state index is 11.2. The molecule has 2 heterocycles. The van der Waals surface area contributed by atoms with Crippen molar-refractivity contribution in [2.75, 3.05) is 13.9 Å². The molecule has 0 bridgehead atoms. The van der Waals surface area contributed by atoms with Gasteiger partial charge in [0.25, 0.3) is 0 Å². The quantitative estimate of drug-likeness (QED) is 0.340. The third kappa shape index (κ3) is 3.97. The van der Waals surface area contributed by atoms with Crippen molar-refractivity contribution >= 4 is 29.0 Å². The number of allylic oxidation sites excluding steroid dienone is 1. The average molecular weight is 420 g/mol. The summed E-state index contributed by atoms with van der Waals surface area (Å²) in [5.41, 5.74) is 2.76. The highest BCUT2D eigenvalue weighted by Gasteiger charge is 2.16. The van der Waals surface area contributed by atoms with Crippen LogP contribution in [0.15, 0.2) is 41.8 Å². The number of nitrogens with zero attached hydrogens (tertiary/aromatic N) is 2. The summed E-state index contributed by atoms with van der Waals surface area (Å²) in [6, 6.07) is 12.9. The molecular formula is C22H16N2O5S. The number of methoxy groups -OCH3 is 1. The van der Waals surface area contributed by atoms with Gasteiger partial charge in [0.15, 0.2) is 23.0 Å². The number of fused-ring (bicyclic) bond motifs is 1. The number of ether oxygens (including phenoxy) is 4. The van der Waals surface area contributed by atoms with Crippen LogP contribution in [0.4, 0.5) is 0 Å². The number of carbonyl (C=O) groups is 1. The molecule has 1 aliphatic rings. The van der Waals surface area contributed by atoms with Crippen molar-refractivity contribution in [2.24, 2.45) is 0 Å². The Morgan fingerprint density at radius 3 is 2.80 bits per heavy atom. The summed E-state index contributed by atoms with van der Waals surface area (Å²) in [4.78, 5) is 15.8. The van der Waals surface area contributed by atoms with Gasteiger partial charge < -0.3 is 18.9 Å². The van der Waals surface area contributed by atoms with Crippen LogP contribution in [0.3, 0.4) is 0 Å². The Labute approximate surface area is 176 Å². The van der Waals surface area contributed by atoms with E-state index in [1.807, 2.05) is 23.6 Å². The molecule has 0 aliphatic carbocycles. The van der Waals surface area contributed by atoms with Gasteiger partial charge in [0, 0.05) is 17.9 Å². The second kappa shape index (κ2) is 8.27. The molecule has 0 amide bonds. The smallest absolute Gasteiger partial charge is 0.308 e. The lowest BCUT2D eigenvalue weighted by molar-refractivity contribution is -0.132. The molecule has 0 saturated carbocycles. The summed E-state index contributed by atoms with van der Waals surface area (Å²) >= 11 is 1.38. The van der Waals surface area contributed by atoms with E-state index in [1.165, 1.54) is 25.4 Å². The van der Waals surface area contributed by atoms with Gasteiger partial charge in [-0.2, -0.15) is 5.26 Å². The number of hydrogen-bond acceptors (Lipinski definition) is 8. The number of carbonyl (C=O) groups excluding carboxylic acids is 1. The number of aromatic nitrogens is 1. The molecule has 0 fully saturated rings. The van der Waals surface area contributed by atoms with E-state index in [-0.39, 0.29) is 6.79 Å². The molecule has 30 heavy (non-hydrogen) atoms. The number of esters is 1. The molecule has 4 rings (SSSR count). The number of rotatable bonds is 5. The maximum atomic E-state index is 11.2. The van der Waals surface area contributed by atoms with Crippen LogP contribution >= 0.6 is 11.3 Å². The average Bonchev–Trinajstić information content (AvgIpc) is 3.41. The van der Waals surface area contributed by atoms with E-state index < -0.39 is 5.97 Å². The third-order valence-electron chi connectivity index (χ3n) is 4.28. The predicted molar refractivity (Wildman–Crippen MR) is 111 cm³/mol. The normalized spacial score (nSPS) is 12.4. The Balaban J connectivity index is 1.63. The van der Waals surface area contributed by atoms with Gasteiger partial charge in [-0.1, -0.05) is 6.07 Å². The standard InChI is InChI=1S/C22H16N2O5S/c1-13(25)29-19-5-3-14(8-20(19)26-2)7-16(10-23)22-24-17(11-30-22)15-4-6-18-21(9-15)28-12-27-18/h3-9,11H,12H2,1-2H3. The van der Waals surface area contributed by atoms with Crippen molar-refractivity contribution in [3.8, 4) is 40.3 Å². The van der Waals surface area contributed by atoms with Gasteiger partial charge in [0.2, 0.25) is 6.79 Å². The minimum atomic E-state index is -0.437. The number of thiazole rings is 1. The fourth-order valence-corrected chi connectivity index (χ4v) is 3.70. The lowest BCUT2D eigenvalue weighted by Crippen LogP contribution is -2.03. The first-order chi connectivity index (χ1) is 14.6. The van der Waals surface area contributed by atoms with Crippen LogP contribution in [0.5, 0.6) is 23.0 Å². The zero-order chi connectivity index (χ0) is 21.1. The van der Waals surface area contributed by atoms with Gasteiger partial charge in [0.1, 0.15) is 11.1 Å². The summed E-state index contributed by atoms with van der Waals surface area (Å²) in [5, 5.41) is 12.1. The van der Waals surface area contributed by atoms with Gasteiger partial charge in [-0.05, 0) is 42.0 Å². The number of benzene rings is 2. The van der Waals surface area contributed by atoms with E-state index in [9.17, 15) is 10.1 Å². The Morgan fingerprint density at radius 1 is 1.20 bits per heavy atom. The first-order valence-electron chi connectivity index (χ1n) is 8.91. The fourth-order valence-electron chi connectivity index (χ4n) is 2.91. The molecule has 0 atom stereocenters. The Hall–Kier alpha value is -3.83. The second-order valence-electron chi connectivity index (χ2n) is 6.28. The monoisotopic (exact) mass is 420 g/mol. The summed E-state index contributed by atoms with van der Waals surface area (Å²) in [5.74, 6) is 1.67. The lowest BCUT2D eigenvalue weighted by atomic mass is 10.1. The molecule has 1 aliphatic heterocycles. The minimum Gasteiger partial charge on any atom is -0.493 e. The highest BCUT2D eigenvalue weighted by Crippen LogP contribution is 2.37. The highest BCUT2D eigenvalue weighted by atomic mass is 32.1. The third-order valence-corrected chi connectivity index (χ3v) is 5.15. The molecular weight excluding hydrogens is 404 g/mol. The van der Waals surface area contributed by atoms with E-state index in [0.29, 0.717) is 33.6 Å². The molecule has 1 aromatic heterocycles. The maximum Gasteiger partial charge on any atom is 0.308 e. The largest absolute Gasteiger partial charge is 0.493 e. The molecule has 7 nitrogen and oxygen atoms in total. The van der Waals surface area contributed by atoms with Crippen molar-refractivity contribution in [3.63, 3.8) is 0 Å². The number of nitriles is 1. The SMILES string of the molecule is COc1cc(C=C(C#N)c2nc(-c3ccc4c(c3)OCO4)cs2)ccc1OC(C)=O. The first-order valence-corrected chi connectivity index (χ1v) is 9.79. The first kappa shape index (κ1) is 19.5. The van der Waals surface area contributed by atoms with Crippen molar-refractivity contribution in [1.29, 1.82) is 5.26 Å². The molecule has 0 spiro atoms. The van der Waals surface area contributed by atoms with E-state index in [2.05, 4.69) is 11.1 Å². The van der Waals surface area contributed by atoms with Crippen LogP contribution < -0.4 is 18.9 Å². The van der Waals surface area contributed by atoms with Crippen LogP contribution in [0.1, 0.15) is 17.5 Å². The predicted octanol–water partition coefficient (Wildman–Crippen LogP) is 4.54. The van der Waals surface area contributed by atoms with Crippen molar-refractivity contribution < 1.29 is 23.7 Å². The Morgan fingerprint density at radius 2 is 2.03 bits per heavy atom. The van der Waals surface area contributed by atoms with Crippen molar-refractivity contribution in [2.45, 2.75) is 6.92 Å². The van der Waals surface area contributed by atoms with E-state index >= 15 is 0 Å². The van der Waals surface area contributed by atoms with Crippen LogP contribution in [0.25, 0.3) is 22.9 Å². The molecule has 0 radical (unpaired) electrons. The Bertz CT molecular complexity index is 1190. The summed E-state index contributed by atoms with van der Waals surface area (Å²) in [6.45, 7) is 1.53. The van der Waals surface area contributed by atoms with E-state index in [4.69, 9.17) is 18.9 Å². The second-order valence-corrected chi connectivity index (χ2v) is 7.14. The lowest BCUT2D eigenvalue weighted by Gasteiger charge is -2.08. The number of hydrogen-bond donors (Lipinski definition) is 0. The minimum absolute atomic E-state index is 0.210. The van der Waals surface area contributed by atoms with Crippen molar-refractivity contribution in [1.82, 2.24) is 4.98 Å². The molecule has 3 aromatic rings. The van der Waals surface area contributed by atoms with Crippen LogP contribution in [0, 0.1) is 11.3 Å². The summed E-state index contributed by atoms with van der Waals surface area (Å²) < 4.78 is 21.1. The molecule has 0 saturated heterocycles. The molecule has 0 unspecified atom stereocenters. The molecule has 0 N–H and O–H groups in total. The van der Waals surface area contributed by atoms with E-state index in [1.54, 1.807) is 24.3 Å². The van der Waals surface area contributed by atoms with Gasteiger partial charge in [-0.25, -0.2) is 4.98 Å². The molecule has 8 heteroatoms. The van der Waals surface area contributed by atoms with Crippen LogP contribution in [0.2, 0.25) is 0 Å². The van der Waals surface area contributed by atoms with Gasteiger partial charge in [0.05, 0.1) is 18.4 Å². The van der Waals surface area contributed by atoms with Gasteiger partial charge >= 0.3 is 5.97 Å². The summed E-state index contributed by atoms with van der Waals surface area (Å²) in [7, 11) is 1.49. The van der Waals surface area contributed by atoms with Crippen LogP contribution in [-0.2, 0) is 4.79 Å². The summed E-state index contributed by atoms with van der Waals surface area (Å²) in [6.07, 6.45) is 1.71. The molecule has 2 aromatic carbocycles. The van der Waals surface area contributed by atoms with Gasteiger partial charge in [-0.3, -0.25) is 4.79 Å².